The fourth-order valence-electron chi connectivity index (χ4n) is 3.04. The number of rotatable bonds is 19. The second-order valence-electron chi connectivity index (χ2n) is 6.97. The van der Waals surface area contributed by atoms with Crippen LogP contribution in [0, 0.1) is 0 Å². The SMILES string of the molecule is CCCCCCCCCCCCCCCCCC[SH+]CCC.[I-]. The maximum atomic E-state index is 2.30. The number of unbranched alkanes of at least 4 members (excludes halogenated alkanes) is 15. The number of hydrogen-bond acceptors (Lipinski definition) is 0. The summed E-state index contributed by atoms with van der Waals surface area (Å²) in [6.45, 7) is 4.59. The van der Waals surface area contributed by atoms with Gasteiger partial charge in [-0.1, -0.05) is 104 Å². The molecule has 0 spiro atoms. The van der Waals surface area contributed by atoms with Crippen molar-refractivity contribution in [2.75, 3.05) is 11.5 Å². The van der Waals surface area contributed by atoms with Crippen LogP contribution in [0.1, 0.15) is 123 Å². The Labute approximate surface area is 169 Å². The lowest BCUT2D eigenvalue weighted by atomic mass is 10.0. The van der Waals surface area contributed by atoms with Crippen molar-refractivity contribution in [3.8, 4) is 0 Å². The molecule has 2 heteroatoms. The van der Waals surface area contributed by atoms with Crippen LogP contribution in [0.25, 0.3) is 0 Å². The lowest BCUT2D eigenvalue weighted by Crippen LogP contribution is -3.00. The molecule has 23 heavy (non-hydrogen) atoms. The van der Waals surface area contributed by atoms with Gasteiger partial charge in [0.05, 0.1) is 0 Å². The lowest BCUT2D eigenvalue weighted by molar-refractivity contribution is -0.00000492. The van der Waals surface area contributed by atoms with Gasteiger partial charge in [0.15, 0.2) is 0 Å². The van der Waals surface area contributed by atoms with Gasteiger partial charge < -0.3 is 24.0 Å². The Hall–Kier alpha value is 1.08. The van der Waals surface area contributed by atoms with Crippen molar-refractivity contribution in [3.05, 3.63) is 0 Å². The van der Waals surface area contributed by atoms with E-state index in [-0.39, 0.29) is 24.0 Å². The standard InChI is InChI=1S/C21H44S.HI/c1-3-5-6-7-8-9-10-11-12-13-14-15-16-17-18-19-21-22-20-4-2;/h3-21H2,1-2H3;1H. The molecule has 0 fully saturated rings. The molecule has 142 valence electrons. The van der Waals surface area contributed by atoms with E-state index in [1.54, 1.807) is 11.8 Å². The molecule has 0 unspecified atom stereocenters. The quantitative estimate of drug-likeness (QED) is 0.116. The molecule has 0 saturated heterocycles. The summed E-state index contributed by atoms with van der Waals surface area (Å²) >= 11 is 1.69. The van der Waals surface area contributed by atoms with Crippen LogP contribution in [0.5, 0.6) is 0 Å². The molecule has 0 aliphatic carbocycles. The molecule has 0 radical (unpaired) electrons. The second kappa shape index (κ2) is 25.3. The molecule has 0 N–H and O–H groups in total. The van der Waals surface area contributed by atoms with Gasteiger partial charge in [0.2, 0.25) is 0 Å². The Morgan fingerprint density at radius 1 is 0.391 bits per heavy atom. The maximum absolute atomic E-state index is 2.30. The van der Waals surface area contributed by atoms with E-state index < -0.39 is 0 Å². The second-order valence-corrected chi connectivity index (χ2v) is 8.32. The van der Waals surface area contributed by atoms with Gasteiger partial charge >= 0.3 is 0 Å². The summed E-state index contributed by atoms with van der Waals surface area (Å²) in [6, 6.07) is 0. The Morgan fingerprint density at radius 3 is 1.09 bits per heavy atom. The van der Waals surface area contributed by atoms with Crippen molar-refractivity contribution >= 4 is 11.8 Å². The Kier molecular flexibility index (Phi) is 29.0. The highest BCUT2D eigenvalue weighted by atomic mass is 127. The fraction of sp³-hybridized carbons (Fsp3) is 1.00. The molecule has 0 saturated carbocycles. The van der Waals surface area contributed by atoms with Crippen molar-refractivity contribution in [3.63, 3.8) is 0 Å². The minimum absolute atomic E-state index is 0. The first-order valence-corrected chi connectivity index (χ1v) is 11.8. The third-order valence-electron chi connectivity index (χ3n) is 4.55. The summed E-state index contributed by atoms with van der Waals surface area (Å²) in [5.41, 5.74) is 0. The summed E-state index contributed by atoms with van der Waals surface area (Å²) in [5.74, 6) is 2.87. The van der Waals surface area contributed by atoms with Crippen LogP contribution in [-0.4, -0.2) is 11.5 Å². The molecule has 0 aliphatic rings. The van der Waals surface area contributed by atoms with Crippen molar-refractivity contribution in [1.82, 2.24) is 0 Å². The molecule has 0 amide bonds. The minimum Gasteiger partial charge on any atom is -1.00 e. The smallest absolute Gasteiger partial charge is 0.105 e. The van der Waals surface area contributed by atoms with Crippen molar-refractivity contribution in [1.29, 1.82) is 0 Å². The average molecular weight is 457 g/mol. The zero-order valence-corrected chi connectivity index (χ0v) is 19.3. The van der Waals surface area contributed by atoms with Gasteiger partial charge in [-0.3, -0.25) is 0 Å². The van der Waals surface area contributed by atoms with Crippen LogP contribution >= 0.6 is 0 Å². The largest absolute Gasteiger partial charge is 1.00 e. The minimum atomic E-state index is 0. The van der Waals surface area contributed by atoms with Crippen LogP contribution in [0.15, 0.2) is 0 Å². The number of hydrogen-bond donors (Lipinski definition) is 0. The summed E-state index contributed by atoms with van der Waals surface area (Å²) in [6.07, 6.45) is 25.0. The van der Waals surface area contributed by atoms with Crippen LogP contribution in [0.3, 0.4) is 0 Å². The summed E-state index contributed by atoms with van der Waals surface area (Å²) < 4.78 is 0. The zero-order chi connectivity index (χ0) is 16.1. The molecule has 0 heterocycles. The zero-order valence-electron chi connectivity index (χ0n) is 16.3. The van der Waals surface area contributed by atoms with E-state index in [9.17, 15) is 0 Å². The van der Waals surface area contributed by atoms with Crippen LogP contribution in [0.2, 0.25) is 0 Å². The van der Waals surface area contributed by atoms with E-state index in [4.69, 9.17) is 0 Å². The Balaban J connectivity index is 0. The monoisotopic (exact) mass is 456 g/mol. The number of thiol groups is 1. The first-order chi connectivity index (χ1) is 10.9. The molecule has 0 aromatic heterocycles. The van der Waals surface area contributed by atoms with Gasteiger partial charge in [0.1, 0.15) is 11.5 Å². The predicted molar refractivity (Wildman–Crippen MR) is 108 cm³/mol. The average Bonchev–Trinajstić information content (AvgIpc) is 2.54. The number of halogens is 1. The predicted octanol–water partition coefficient (Wildman–Crippen LogP) is 4.48. The van der Waals surface area contributed by atoms with Crippen molar-refractivity contribution in [2.45, 2.75) is 123 Å². The molecule has 0 rings (SSSR count). The highest BCUT2D eigenvalue weighted by molar-refractivity contribution is 7.78. The first-order valence-electron chi connectivity index (χ1n) is 10.5. The summed E-state index contributed by atoms with van der Waals surface area (Å²) in [7, 11) is 0. The van der Waals surface area contributed by atoms with E-state index in [1.807, 2.05) is 0 Å². The third kappa shape index (κ3) is 25.4. The topological polar surface area (TPSA) is 0 Å². The fourth-order valence-corrected chi connectivity index (χ4v) is 4.03. The van der Waals surface area contributed by atoms with Gasteiger partial charge in [-0.2, -0.15) is 0 Å². The highest BCUT2D eigenvalue weighted by Crippen LogP contribution is 2.13. The van der Waals surface area contributed by atoms with E-state index >= 15 is 0 Å². The summed E-state index contributed by atoms with van der Waals surface area (Å²) in [5, 5.41) is 0. The van der Waals surface area contributed by atoms with Crippen LogP contribution < -0.4 is 24.0 Å². The van der Waals surface area contributed by atoms with E-state index in [0.717, 1.165) is 0 Å². The lowest BCUT2D eigenvalue weighted by Gasteiger charge is -2.03. The Bertz CT molecular complexity index is 165. The molecule has 0 atom stereocenters. The third-order valence-corrected chi connectivity index (χ3v) is 5.95. The van der Waals surface area contributed by atoms with E-state index in [2.05, 4.69) is 13.8 Å². The molecule has 0 aliphatic heterocycles. The molecular formula is C21H45IS. The van der Waals surface area contributed by atoms with E-state index in [0.29, 0.717) is 0 Å². The first kappa shape index (κ1) is 26.3. The summed E-state index contributed by atoms with van der Waals surface area (Å²) in [4.78, 5) is 0. The molecule has 0 nitrogen and oxygen atoms in total. The Morgan fingerprint density at radius 2 is 0.739 bits per heavy atom. The van der Waals surface area contributed by atoms with Gasteiger partial charge in [-0.05, 0) is 31.0 Å². The molecule has 0 bridgehead atoms. The molecular weight excluding hydrogens is 411 g/mol. The highest BCUT2D eigenvalue weighted by Gasteiger charge is 1.97. The molecule has 0 aromatic rings. The molecule has 0 aromatic carbocycles. The van der Waals surface area contributed by atoms with Gasteiger partial charge in [0, 0.05) is 0 Å². The van der Waals surface area contributed by atoms with E-state index in [1.165, 1.54) is 121 Å². The van der Waals surface area contributed by atoms with Gasteiger partial charge in [-0.25, -0.2) is 0 Å². The normalized spacial score (nSPS) is 10.7. The van der Waals surface area contributed by atoms with Gasteiger partial charge in [0.25, 0.3) is 0 Å². The van der Waals surface area contributed by atoms with Crippen LogP contribution in [0.4, 0.5) is 0 Å². The van der Waals surface area contributed by atoms with Gasteiger partial charge in [-0.15, -0.1) is 0 Å². The van der Waals surface area contributed by atoms with Crippen LogP contribution in [-0.2, 0) is 11.8 Å². The van der Waals surface area contributed by atoms with Crippen molar-refractivity contribution in [2.24, 2.45) is 0 Å². The maximum Gasteiger partial charge on any atom is 0.105 e. The van der Waals surface area contributed by atoms with Crippen molar-refractivity contribution < 1.29 is 24.0 Å².